The van der Waals surface area contributed by atoms with Gasteiger partial charge in [-0.2, -0.15) is 0 Å². The average molecular weight is 306 g/mol. The molecule has 0 heterocycles. The maximum absolute atomic E-state index is 2.37. The number of rotatable bonds is 3. The first kappa shape index (κ1) is 15.3. The lowest BCUT2D eigenvalue weighted by molar-refractivity contribution is 0.785. The zero-order valence-corrected chi connectivity index (χ0v) is 14.5. The first-order valence-corrected chi connectivity index (χ1v) is 9.38. The smallest absolute Gasteiger partial charge is 0.00219 e. The maximum atomic E-state index is 2.37. The van der Waals surface area contributed by atoms with E-state index in [1.54, 1.807) is 0 Å². The standard InChI is InChI=1S/C21H23P/c1-21(2,3)22(19-13-5-4-6-14-19)16-18-12-9-11-17-10-7-8-15-20(17)18/h4-15H,16H2,1-3H3. The minimum Gasteiger partial charge on any atom is -0.0653 e. The molecule has 0 spiro atoms. The lowest BCUT2D eigenvalue weighted by Crippen LogP contribution is -2.20. The van der Waals surface area contributed by atoms with Crippen LogP contribution in [-0.4, -0.2) is 5.16 Å². The molecule has 0 fully saturated rings. The van der Waals surface area contributed by atoms with E-state index in [4.69, 9.17) is 0 Å². The molecule has 0 aliphatic heterocycles. The number of hydrogen-bond donors (Lipinski definition) is 0. The van der Waals surface area contributed by atoms with Gasteiger partial charge in [0.25, 0.3) is 0 Å². The summed E-state index contributed by atoms with van der Waals surface area (Å²) in [6.45, 7) is 7.12. The topological polar surface area (TPSA) is 0 Å². The van der Waals surface area contributed by atoms with Crippen molar-refractivity contribution < 1.29 is 0 Å². The van der Waals surface area contributed by atoms with Gasteiger partial charge in [0.1, 0.15) is 0 Å². The van der Waals surface area contributed by atoms with Crippen molar-refractivity contribution in [1.82, 2.24) is 0 Å². The Morgan fingerprint density at radius 1 is 0.727 bits per heavy atom. The SMILES string of the molecule is CC(C)(C)P(Cc1cccc2ccccc12)c1ccccc1. The fourth-order valence-corrected chi connectivity index (χ4v) is 5.50. The summed E-state index contributed by atoms with van der Waals surface area (Å²) in [7, 11) is -0.246. The maximum Gasteiger partial charge on any atom is -0.00219 e. The van der Waals surface area contributed by atoms with Crippen LogP contribution < -0.4 is 5.30 Å². The molecule has 0 aromatic heterocycles. The summed E-state index contributed by atoms with van der Waals surface area (Å²) < 4.78 is 0. The third-order valence-corrected chi connectivity index (χ3v) is 7.28. The molecule has 0 nitrogen and oxygen atoms in total. The van der Waals surface area contributed by atoms with Crippen molar-refractivity contribution in [2.45, 2.75) is 32.1 Å². The highest BCUT2D eigenvalue weighted by molar-refractivity contribution is 7.66. The predicted octanol–water partition coefficient (Wildman–Crippen LogP) is 5.95. The Hall–Kier alpha value is -1.65. The third kappa shape index (κ3) is 3.23. The summed E-state index contributed by atoms with van der Waals surface area (Å²) in [5.41, 5.74) is 1.47. The van der Waals surface area contributed by atoms with Crippen molar-refractivity contribution in [3.63, 3.8) is 0 Å². The first-order chi connectivity index (χ1) is 10.6. The molecule has 1 atom stereocenters. The van der Waals surface area contributed by atoms with Gasteiger partial charge in [-0.05, 0) is 33.0 Å². The Labute approximate surface area is 134 Å². The summed E-state index contributed by atoms with van der Waals surface area (Å²) in [6.07, 6.45) is 1.14. The Bertz CT molecular complexity index is 748. The molecule has 0 saturated carbocycles. The largest absolute Gasteiger partial charge is 0.0653 e. The molecule has 1 unspecified atom stereocenters. The van der Waals surface area contributed by atoms with Crippen molar-refractivity contribution >= 4 is 24.0 Å². The highest BCUT2D eigenvalue weighted by Crippen LogP contribution is 2.51. The molecule has 0 saturated heterocycles. The molecular formula is C21H23P. The molecular weight excluding hydrogens is 283 g/mol. The first-order valence-electron chi connectivity index (χ1n) is 7.85. The van der Waals surface area contributed by atoms with Gasteiger partial charge in [0, 0.05) is 0 Å². The van der Waals surface area contributed by atoms with Crippen molar-refractivity contribution in [1.29, 1.82) is 0 Å². The van der Waals surface area contributed by atoms with E-state index in [2.05, 4.69) is 93.6 Å². The van der Waals surface area contributed by atoms with E-state index in [0.717, 1.165) is 6.16 Å². The van der Waals surface area contributed by atoms with E-state index >= 15 is 0 Å². The van der Waals surface area contributed by atoms with Crippen LogP contribution in [0, 0.1) is 0 Å². The number of hydrogen-bond acceptors (Lipinski definition) is 0. The molecule has 0 N–H and O–H groups in total. The van der Waals surface area contributed by atoms with Gasteiger partial charge in [-0.25, -0.2) is 0 Å². The summed E-state index contributed by atoms with van der Waals surface area (Å²) >= 11 is 0. The third-order valence-electron chi connectivity index (χ3n) is 4.09. The van der Waals surface area contributed by atoms with Crippen LogP contribution in [0.3, 0.4) is 0 Å². The lowest BCUT2D eigenvalue weighted by atomic mass is 10.1. The van der Waals surface area contributed by atoms with Crippen LogP contribution in [0.25, 0.3) is 10.8 Å². The zero-order chi connectivity index (χ0) is 15.6. The summed E-state index contributed by atoms with van der Waals surface area (Å²) in [4.78, 5) is 0. The summed E-state index contributed by atoms with van der Waals surface area (Å²) in [6, 6.07) is 26.5. The lowest BCUT2D eigenvalue weighted by Gasteiger charge is -2.32. The van der Waals surface area contributed by atoms with Crippen LogP contribution in [0.2, 0.25) is 0 Å². The molecule has 112 valence electrons. The van der Waals surface area contributed by atoms with Gasteiger partial charge in [0.15, 0.2) is 0 Å². The van der Waals surface area contributed by atoms with Crippen LogP contribution in [0.4, 0.5) is 0 Å². The van der Waals surface area contributed by atoms with Crippen molar-refractivity contribution in [3.8, 4) is 0 Å². The minimum atomic E-state index is -0.246. The Morgan fingerprint density at radius 3 is 2.09 bits per heavy atom. The monoisotopic (exact) mass is 306 g/mol. The predicted molar refractivity (Wildman–Crippen MR) is 100 cm³/mol. The highest BCUT2D eigenvalue weighted by atomic mass is 31.1. The van der Waals surface area contributed by atoms with Crippen molar-refractivity contribution in [2.24, 2.45) is 0 Å². The van der Waals surface area contributed by atoms with E-state index in [0.29, 0.717) is 5.16 Å². The van der Waals surface area contributed by atoms with Gasteiger partial charge in [-0.15, -0.1) is 0 Å². The Morgan fingerprint density at radius 2 is 1.36 bits per heavy atom. The molecule has 3 rings (SSSR count). The highest BCUT2D eigenvalue weighted by Gasteiger charge is 2.26. The summed E-state index contributed by atoms with van der Waals surface area (Å²) in [5, 5.41) is 4.54. The normalized spacial score (nSPS) is 13.2. The molecule has 0 aliphatic carbocycles. The Balaban J connectivity index is 2.03. The van der Waals surface area contributed by atoms with Crippen LogP contribution in [-0.2, 0) is 6.16 Å². The molecule has 0 bridgehead atoms. The quantitative estimate of drug-likeness (QED) is 0.525. The molecule has 0 radical (unpaired) electrons. The minimum absolute atomic E-state index is 0.246. The van der Waals surface area contributed by atoms with Gasteiger partial charge in [0.05, 0.1) is 0 Å². The summed E-state index contributed by atoms with van der Waals surface area (Å²) in [5.74, 6) is 0. The van der Waals surface area contributed by atoms with Crippen molar-refractivity contribution in [3.05, 3.63) is 78.4 Å². The van der Waals surface area contributed by atoms with Crippen LogP contribution in [0.5, 0.6) is 0 Å². The van der Waals surface area contributed by atoms with Gasteiger partial charge >= 0.3 is 0 Å². The zero-order valence-electron chi connectivity index (χ0n) is 13.6. The van der Waals surface area contributed by atoms with Gasteiger partial charge in [0.2, 0.25) is 0 Å². The molecule has 3 aromatic carbocycles. The van der Waals surface area contributed by atoms with Gasteiger partial charge in [-0.1, -0.05) is 101 Å². The number of fused-ring (bicyclic) bond motifs is 1. The van der Waals surface area contributed by atoms with E-state index in [-0.39, 0.29) is 7.92 Å². The van der Waals surface area contributed by atoms with E-state index in [1.165, 1.54) is 21.6 Å². The van der Waals surface area contributed by atoms with Crippen LogP contribution in [0.15, 0.2) is 72.8 Å². The fraction of sp³-hybridized carbons (Fsp3) is 0.238. The second-order valence-corrected chi connectivity index (χ2v) is 9.76. The number of benzene rings is 3. The van der Waals surface area contributed by atoms with Crippen molar-refractivity contribution in [2.75, 3.05) is 0 Å². The molecule has 22 heavy (non-hydrogen) atoms. The van der Waals surface area contributed by atoms with E-state index < -0.39 is 0 Å². The molecule has 1 heteroatoms. The second kappa shape index (κ2) is 6.23. The van der Waals surface area contributed by atoms with Crippen LogP contribution in [0.1, 0.15) is 26.3 Å². The molecule has 3 aromatic rings. The van der Waals surface area contributed by atoms with Gasteiger partial charge in [-0.3, -0.25) is 0 Å². The van der Waals surface area contributed by atoms with Crippen LogP contribution >= 0.6 is 7.92 Å². The van der Waals surface area contributed by atoms with Gasteiger partial charge < -0.3 is 0 Å². The average Bonchev–Trinajstić information content (AvgIpc) is 2.52. The fourth-order valence-electron chi connectivity index (χ4n) is 2.92. The molecule has 0 aliphatic rings. The van der Waals surface area contributed by atoms with E-state index in [9.17, 15) is 0 Å². The Kier molecular flexibility index (Phi) is 4.32. The second-order valence-electron chi connectivity index (χ2n) is 6.73. The van der Waals surface area contributed by atoms with E-state index in [1.807, 2.05) is 0 Å². The molecule has 0 amide bonds.